The van der Waals surface area contributed by atoms with Gasteiger partial charge in [0.25, 0.3) is 5.91 Å². The van der Waals surface area contributed by atoms with Crippen molar-refractivity contribution >= 4 is 46.2 Å². The molecule has 2 aromatic heterocycles. The lowest BCUT2D eigenvalue weighted by Crippen LogP contribution is -2.33. The first kappa shape index (κ1) is 30.4. The summed E-state index contributed by atoms with van der Waals surface area (Å²) in [6, 6.07) is 0. The molecule has 0 radical (unpaired) electrons. The number of rotatable bonds is 9. The molecule has 1 aliphatic heterocycles. The summed E-state index contributed by atoms with van der Waals surface area (Å²) >= 11 is 0. The van der Waals surface area contributed by atoms with Crippen LogP contribution in [-0.2, 0) is 31.6 Å². The van der Waals surface area contributed by atoms with Crippen LogP contribution in [0.2, 0.25) is 0 Å². The van der Waals surface area contributed by atoms with Gasteiger partial charge in [0.1, 0.15) is 35.6 Å². The molecule has 3 heterocycles. The van der Waals surface area contributed by atoms with Gasteiger partial charge in [0, 0.05) is 6.20 Å². The molecular formula is C14H24N5O14P3. The van der Waals surface area contributed by atoms with E-state index in [2.05, 4.69) is 23.1 Å². The van der Waals surface area contributed by atoms with Crippen molar-refractivity contribution in [1.29, 1.82) is 0 Å². The lowest BCUT2D eigenvalue weighted by atomic mass is 10.1. The number of primary amides is 1. The van der Waals surface area contributed by atoms with E-state index in [9.17, 15) is 38.5 Å². The summed E-state index contributed by atoms with van der Waals surface area (Å²) in [6.07, 6.45) is -5.37. The van der Waals surface area contributed by atoms with E-state index in [1.165, 1.54) is 6.92 Å². The lowest BCUT2D eigenvalue weighted by molar-refractivity contribution is -0.0501. The minimum Gasteiger partial charge on any atom is -0.387 e. The zero-order valence-corrected chi connectivity index (χ0v) is 20.1. The number of aromatic nitrogens is 3. The predicted molar refractivity (Wildman–Crippen MR) is 118 cm³/mol. The van der Waals surface area contributed by atoms with Crippen LogP contribution in [0.5, 0.6) is 0 Å². The number of anilines is 1. The molecule has 1 saturated heterocycles. The fraction of sp³-hybridized carbons (Fsp3) is 0.500. The molecule has 0 saturated carbocycles. The summed E-state index contributed by atoms with van der Waals surface area (Å²) in [6.45, 7) is 0.458. The summed E-state index contributed by atoms with van der Waals surface area (Å²) < 4.78 is 52.2. The monoisotopic (exact) mass is 579 g/mol. The average molecular weight is 579 g/mol. The molecule has 0 aromatic carbocycles. The molecule has 2 aromatic rings. The van der Waals surface area contributed by atoms with Gasteiger partial charge in [0.05, 0.1) is 17.6 Å². The number of hydrogen-bond acceptors (Lipinski definition) is 13. The zero-order chi connectivity index (χ0) is 26.5. The number of hydrogen-bond donors (Lipinski definition) is 8. The molecule has 22 heteroatoms. The number of aryl methyl sites for hydroxylation is 1. The van der Waals surface area contributed by atoms with Crippen molar-refractivity contribution in [2.24, 2.45) is 5.73 Å². The number of amides is 1. The highest BCUT2D eigenvalue weighted by molar-refractivity contribution is 7.66. The Morgan fingerprint density at radius 1 is 1.11 bits per heavy atom. The van der Waals surface area contributed by atoms with Gasteiger partial charge in [0.15, 0.2) is 6.23 Å². The molecular weight excluding hydrogens is 555 g/mol. The standard InChI is InChI=1S/C13H20N5O14P3.CH4/c1-4-16-10(14)7-5(11(15)21)2-18(12(7)17-4)13-9(20)8(19)6(30-13)3-29-34(25,26)32-35(27,28)31-33(22,23)24;/h2,6,8-9,13,19-20H,3H2,1H3,(H2,15,21)(H,25,26)(H,27,28)(H2,14,16,17)(H2,22,23,24);1H4/t6-,8-,9-,13-;/m1./s1. The number of fused-ring (bicyclic) bond motifs is 1. The maximum absolute atomic E-state index is 11.9. The number of phosphoric ester groups is 1. The van der Waals surface area contributed by atoms with Crippen LogP contribution in [0.4, 0.5) is 5.82 Å². The fourth-order valence-electron chi connectivity index (χ4n) is 3.24. The Kier molecular flexibility index (Phi) is 8.88. The summed E-state index contributed by atoms with van der Waals surface area (Å²) in [4.78, 5) is 55.8. The smallest absolute Gasteiger partial charge is 0.387 e. The van der Waals surface area contributed by atoms with Crippen molar-refractivity contribution in [1.82, 2.24) is 14.5 Å². The molecule has 3 rings (SSSR count). The number of aliphatic hydroxyl groups excluding tert-OH is 2. The molecule has 19 nitrogen and oxygen atoms in total. The van der Waals surface area contributed by atoms with E-state index in [1.54, 1.807) is 0 Å². The van der Waals surface area contributed by atoms with Crippen molar-refractivity contribution in [3.63, 3.8) is 0 Å². The Morgan fingerprint density at radius 3 is 2.28 bits per heavy atom. The summed E-state index contributed by atoms with van der Waals surface area (Å²) in [5.41, 5.74) is 11.1. The topological polar surface area (TPSA) is 309 Å². The minimum absolute atomic E-state index is 0. The Bertz CT molecular complexity index is 1300. The van der Waals surface area contributed by atoms with Crippen molar-refractivity contribution in [3.05, 3.63) is 17.6 Å². The van der Waals surface area contributed by atoms with E-state index in [1.807, 2.05) is 0 Å². The second kappa shape index (κ2) is 10.5. The quantitative estimate of drug-likeness (QED) is 0.165. The number of nitrogens with zero attached hydrogens (tertiary/aromatic N) is 3. The second-order valence-electron chi connectivity index (χ2n) is 7.10. The predicted octanol–water partition coefficient (Wildman–Crippen LogP) is -0.981. The Balaban J connectivity index is 0.00000456. The van der Waals surface area contributed by atoms with Crippen molar-refractivity contribution < 1.29 is 66.2 Å². The van der Waals surface area contributed by atoms with Crippen LogP contribution in [0, 0.1) is 6.92 Å². The van der Waals surface area contributed by atoms with Gasteiger partial charge in [-0.25, -0.2) is 23.7 Å². The minimum atomic E-state index is -5.76. The van der Waals surface area contributed by atoms with Gasteiger partial charge in [-0.2, -0.15) is 8.62 Å². The summed E-state index contributed by atoms with van der Waals surface area (Å²) in [5, 5.41) is 20.8. The molecule has 2 unspecified atom stereocenters. The van der Waals surface area contributed by atoms with Gasteiger partial charge >= 0.3 is 23.5 Å². The number of carbonyl (C=O) groups excluding carboxylic acids is 1. The molecule has 1 aliphatic rings. The molecule has 204 valence electrons. The molecule has 10 N–H and O–H groups in total. The van der Waals surface area contributed by atoms with Crippen LogP contribution < -0.4 is 11.5 Å². The third-order valence-electron chi connectivity index (χ3n) is 4.51. The van der Waals surface area contributed by atoms with Crippen LogP contribution in [0.1, 0.15) is 29.8 Å². The first-order chi connectivity index (χ1) is 15.9. The van der Waals surface area contributed by atoms with Gasteiger partial charge in [0.2, 0.25) is 0 Å². The molecule has 1 amide bonds. The molecule has 36 heavy (non-hydrogen) atoms. The van der Waals surface area contributed by atoms with Gasteiger partial charge in [-0.15, -0.1) is 0 Å². The van der Waals surface area contributed by atoms with E-state index in [0.29, 0.717) is 0 Å². The number of nitrogen functional groups attached to an aromatic ring is 1. The first-order valence-electron chi connectivity index (χ1n) is 9.15. The Hall–Kier alpha value is -1.82. The van der Waals surface area contributed by atoms with E-state index < -0.39 is 60.5 Å². The molecule has 1 fully saturated rings. The number of phosphoric acid groups is 3. The molecule has 0 aliphatic carbocycles. The van der Waals surface area contributed by atoms with Crippen LogP contribution in [0.25, 0.3) is 11.0 Å². The van der Waals surface area contributed by atoms with Crippen LogP contribution >= 0.6 is 23.5 Å². The summed E-state index contributed by atoms with van der Waals surface area (Å²) in [7, 11) is -16.9. The maximum atomic E-state index is 11.9. The highest BCUT2D eigenvalue weighted by Crippen LogP contribution is 2.66. The normalized spacial score (nSPS) is 25.8. The average Bonchev–Trinajstić information content (AvgIpc) is 3.16. The summed E-state index contributed by atoms with van der Waals surface area (Å²) in [5.74, 6) is -0.829. The second-order valence-corrected chi connectivity index (χ2v) is 11.5. The molecule has 0 spiro atoms. The number of carbonyl (C=O) groups is 1. The number of nitrogens with two attached hydrogens (primary N) is 2. The number of aliphatic hydroxyl groups is 2. The van der Waals surface area contributed by atoms with Crippen molar-refractivity contribution in [2.75, 3.05) is 12.3 Å². The largest absolute Gasteiger partial charge is 0.490 e. The van der Waals surface area contributed by atoms with E-state index in [0.717, 1.165) is 10.8 Å². The fourth-order valence-corrected chi connectivity index (χ4v) is 6.27. The molecule has 6 atom stereocenters. The van der Waals surface area contributed by atoms with E-state index >= 15 is 0 Å². The van der Waals surface area contributed by atoms with Gasteiger partial charge < -0.3 is 50.6 Å². The third kappa shape index (κ3) is 6.73. The van der Waals surface area contributed by atoms with Crippen LogP contribution in [0.15, 0.2) is 6.20 Å². The van der Waals surface area contributed by atoms with E-state index in [-0.39, 0.29) is 35.7 Å². The van der Waals surface area contributed by atoms with E-state index in [4.69, 9.17) is 26.0 Å². The SMILES string of the molecule is C.Cc1nc(N)c2c(C(N)=O)cn([C@@H]3O[C@H](COP(=O)(O)OP(=O)(O)OP(=O)(O)O)[C@@H](O)[C@H]3O)c2n1. The maximum Gasteiger partial charge on any atom is 0.490 e. The van der Waals surface area contributed by atoms with Crippen molar-refractivity contribution in [2.45, 2.75) is 38.9 Å². The highest BCUT2D eigenvalue weighted by Gasteiger charge is 2.47. The van der Waals surface area contributed by atoms with Crippen LogP contribution in [-0.4, -0.2) is 75.1 Å². The first-order valence-corrected chi connectivity index (χ1v) is 13.7. The van der Waals surface area contributed by atoms with Gasteiger partial charge in [-0.3, -0.25) is 9.32 Å². The molecule has 0 bridgehead atoms. The van der Waals surface area contributed by atoms with Crippen molar-refractivity contribution in [3.8, 4) is 0 Å². The highest BCUT2D eigenvalue weighted by atomic mass is 31.3. The lowest BCUT2D eigenvalue weighted by Gasteiger charge is -2.19. The van der Waals surface area contributed by atoms with Gasteiger partial charge in [-0.05, 0) is 6.92 Å². The third-order valence-corrected chi connectivity index (χ3v) is 8.31. The van der Waals surface area contributed by atoms with Crippen LogP contribution in [0.3, 0.4) is 0 Å². The number of ether oxygens (including phenoxy) is 1. The zero-order valence-electron chi connectivity index (χ0n) is 17.4. The van der Waals surface area contributed by atoms with Gasteiger partial charge in [-0.1, -0.05) is 7.43 Å². The Morgan fingerprint density at radius 2 is 1.72 bits per heavy atom. The Labute approximate surface area is 202 Å².